The van der Waals surface area contributed by atoms with E-state index in [0.29, 0.717) is 5.92 Å². The van der Waals surface area contributed by atoms with E-state index in [1.807, 2.05) is 0 Å². The fourth-order valence-electron chi connectivity index (χ4n) is 3.01. The maximum atomic E-state index is 9.74. The fourth-order valence-corrected chi connectivity index (χ4v) is 3.01. The quantitative estimate of drug-likeness (QED) is 0.883. The lowest BCUT2D eigenvalue weighted by atomic mass is 9.63. The zero-order valence-electron chi connectivity index (χ0n) is 11.9. The largest absolute Gasteiger partial charge is 0.496 e. The third-order valence-corrected chi connectivity index (χ3v) is 4.38. The Kier molecular flexibility index (Phi) is 3.67. The molecule has 100 valence electrons. The van der Waals surface area contributed by atoms with Crippen LogP contribution in [-0.2, 0) is 5.41 Å². The molecule has 18 heavy (non-hydrogen) atoms. The molecule has 1 saturated carbocycles. The van der Waals surface area contributed by atoms with Crippen LogP contribution in [0.4, 0.5) is 0 Å². The third-order valence-electron chi connectivity index (χ3n) is 4.38. The Morgan fingerprint density at radius 3 is 2.39 bits per heavy atom. The van der Waals surface area contributed by atoms with Gasteiger partial charge in [0.2, 0.25) is 0 Å². The van der Waals surface area contributed by atoms with Crippen molar-refractivity contribution in [3.8, 4) is 5.75 Å². The van der Waals surface area contributed by atoms with Crippen LogP contribution in [0.3, 0.4) is 0 Å². The molecule has 1 aromatic rings. The van der Waals surface area contributed by atoms with Crippen LogP contribution in [0.1, 0.15) is 55.7 Å². The van der Waals surface area contributed by atoms with E-state index in [1.54, 1.807) is 7.11 Å². The van der Waals surface area contributed by atoms with Gasteiger partial charge in [-0.15, -0.1) is 0 Å². The highest BCUT2D eigenvalue weighted by molar-refractivity contribution is 5.47. The number of ether oxygens (including phenoxy) is 1. The smallest absolute Gasteiger partial charge is 0.122 e. The summed E-state index contributed by atoms with van der Waals surface area (Å²) in [5.74, 6) is 1.41. The standard InChI is InChI=1S/C16H24O2/c1-11(2)13-9-14(12(3)8-15(13)18-4)16(10-17)6-5-7-16/h8-9,11,17H,5-7,10H2,1-4H3. The van der Waals surface area contributed by atoms with Crippen molar-refractivity contribution in [3.05, 3.63) is 28.8 Å². The molecule has 1 N–H and O–H groups in total. The van der Waals surface area contributed by atoms with E-state index in [0.717, 1.165) is 18.6 Å². The Morgan fingerprint density at radius 2 is 2.00 bits per heavy atom. The molecule has 2 heteroatoms. The topological polar surface area (TPSA) is 29.5 Å². The molecule has 0 heterocycles. The van der Waals surface area contributed by atoms with E-state index in [9.17, 15) is 5.11 Å². The van der Waals surface area contributed by atoms with Crippen LogP contribution in [0.2, 0.25) is 0 Å². The number of hydrogen-bond donors (Lipinski definition) is 1. The predicted octanol–water partition coefficient (Wildman–Crippen LogP) is 3.54. The van der Waals surface area contributed by atoms with Crippen LogP contribution in [0.15, 0.2) is 12.1 Å². The lowest BCUT2D eigenvalue weighted by Crippen LogP contribution is -2.38. The molecule has 0 aromatic heterocycles. The van der Waals surface area contributed by atoms with Gasteiger partial charge in [-0.05, 0) is 48.4 Å². The molecular weight excluding hydrogens is 224 g/mol. The van der Waals surface area contributed by atoms with Gasteiger partial charge in [0.1, 0.15) is 5.75 Å². The van der Waals surface area contributed by atoms with Gasteiger partial charge >= 0.3 is 0 Å². The molecule has 1 aromatic carbocycles. The van der Waals surface area contributed by atoms with Crippen LogP contribution < -0.4 is 4.74 Å². The Labute approximate surface area is 110 Å². The molecule has 2 rings (SSSR count). The average Bonchev–Trinajstić information content (AvgIpc) is 2.29. The molecule has 1 aliphatic carbocycles. The van der Waals surface area contributed by atoms with Crippen molar-refractivity contribution in [2.45, 2.75) is 51.4 Å². The van der Waals surface area contributed by atoms with Crippen molar-refractivity contribution >= 4 is 0 Å². The highest BCUT2D eigenvalue weighted by Crippen LogP contribution is 2.46. The Morgan fingerprint density at radius 1 is 1.33 bits per heavy atom. The molecule has 0 radical (unpaired) electrons. The van der Waals surface area contributed by atoms with E-state index in [1.165, 1.54) is 23.1 Å². The number of rotatable bonds is 4. The second-order valence-corrected chi connectivity index (χ2v) is 5.86. The van der Waals surface area contributed by atoms with Crippen molar-refractivity contribution in [3.63, 3.8) is 0 Å². The van der Waals surface area contributed by atoms with Gasteiger partial charge < -0.3 is 9.84 Å². The van der Waals surface area contributed by atoms with Gasteiger partial charge in [0.25, 0.3) is 0 Å². The molecule has 0 amide bonds. The summed E-state index contributed by atoms with van der Waals surface area (Å²) >= 11 is 0. The number of aliphatic hydroxyl groups is 1. The van der Waals surface area contributed by atoms with Crippen LogP contribution in [0, 0.1) is 6.92 Å². The van der Waals surface area contributed by atoms with Gasteiger partial charge in [0.05, 0.1) is 13.7 Å². The predicted molar refractivity (Wildman–Crippen MR) is 74.4 cm³/mol. The molecule has 0 saturated heterocycles. The second kappa shape index (κ2) is 4.93. The number of methoxy groups -OCH3 is 1. The van der Waals surface area contributed by atoms with Crippen LogP contribution in [0.5, 0.6) is 5.75 Å². The summed E-state index contributed by atoms with van der Waals surface area (Å²) in [4.78, 5) is 0. The summed E-state index contributed by atoms with van der Waals surface area (Å²) in [5, 5.41) is 9.74. The number of aryl methyl sites for hydroxylation is 1. The fraction of sp³-hybridized carbons (Fsp3) is 0.625. The summed E-state index contributed by atoms with van der Waals surface area (Å²) in [6, 6.07) is 4.38. The second-order valence-electron chi connectivity index (χ2n) is 5.86. The Balaban J connectivity index is 2.51. The SMILES string of the molecule is COc1cc(C)c(C2(CO)CCC2)cc1C(C)C. The highest BCUT2D eigenvalue weighted by Gasteiger charge is 2.39. The Hall–Kier alpha value is -1.02. The molecule has 1 fully saturated rings. The van der Waals surface area contributed by atoms with E-state index in [4.69, 9.17) is 4.74 Å². The number of hydrogen-bond acceptors (Lipinski definition) is 2. The van der Waals surface area contributed by atoms with Crippen LogP contribution >= 0.6 is 0 Å². The first-order chi connectivity index (χ1) is 8.54. The summed E-state index contributed by atoms with van der Waals surface area (Å²) < 4.78 is 5.48. The maximum absolute atomic E-state index is 9.74. The van der Waals surface area contributed by atoms with E-state index >= 15 is 0 Å². The van der Waals surface area contributed by atoms with Crippen molar-refractivity contribution in [1.29, 1.82) is 0 Å². The molecule has 0 bridgehead atoms. The molecule has 0 unspecified atom stereocenters. The summed E-state index contributed by atoms with van der Waals surface area (Å²) in [6.45, 7) is 6.75. The minimum atomic E-state index is 0.0139. The first-order valence-electron chi connectivity index (χ1n) is 6.84. The van der Waals surface area contributed by atoms with Gasteiger partial charge in [0.15, 0.2) is 0 Å². The number of aliphatic hydroxyl groups excluding tert-OH is 1. The van der Waals surface area contributed by atoms with Crippen LogP contribution in [0.25, 0.3) is 0 Å². The molecule has 1 aliphatic rings. The van der Waals surface area contributed by atoms with Crippen molar-refractivity contribution in [2.75, 3.05) is 13.7 Å². The summed E-state index contributed by atoms with van der Waals surface area (Å²) in [6.07, 6.45) is 3.44. The van der Waals surface area contributed by atoms with E-state index < -0.39 is 0 Å². The van der Waals surface area contributed by atoms with Gasteiger partial charge in [-0.2, -0.15) is 0 Å². The summed E-state index contributed by atoms with van der Waals surface area (Å²) in [5.41, 5.74) is 3.82. The average molecular weight is 248 g/mol. The first-order valence-corrected chi connectivity index (χ1v) is 6.84. The first kappa shape index (κ1) is 13.4. The van der Waals surface area contributed by atoms with Gasteiger partial charge in [-0.3, -0.25) is 0 Å². The third kappa shape index (κ3) is 2.03. The minimum Gasteiger partial charge on any atom is -0.496 e. The van der Waals surface area contributed by atoms with Gasteiger partial charge in [-0.25, -0.2) is 0 Å². The zero-order valence-corrected chi connectivity index (χ0v) is 11.9. The minimum absolute atomic E-state index is 0.0139. The molecule has 0 aliphatic heterocycles. The van der Waals surface area contributed by atoms with E-state index in [-0.39, 0.29) is 12.0 Å². The Bertz CT molecular complexity index is 425. The molecule has 0 atom stereocenters. The number of benzene rings is 1. The van der Waals surface area contributed by atoms with Crippen molar-refractivity contribution in [2.24, 2.45) is 0 Å². The van der Waals surface area contributed by atoms with Gasteiger partial charge in [0, 0.05) is 5.41 Å². The molecule has 0 spiro atoms. The van der Waals surface area contributed by atoms with Crippen LogP contribution in [-0.4, -0.2) is 18.8 Å². The lowest BCUT2D eigenvalue weighted by Gasteiger charge is -2.42. The monoisotopic (exact) mass is 248 g/mol. The summed E-state index contributed by atoms with van der Waals surface area (Å²) in [7, 11) is 1.73. The van der Waals surface area contributed by atoms with Crippen molar-refractivity contribution < 1.29 is 9.84 Å². The van der Waals surface area contributed by atoms with Gasteiger partial charge in [-0.1, -0.05) is 26.3 Å². The van der Waals surface area contributed by atoms with Crippen molar-refractivity contribution in [1.82, 2.24) is 0 Å². The van der Waals surface area contributed by atoms with E-state index in [2.05, 4.69) is 32.9 Å². The zero-order chi connectivity index (χ0) is 13.3. The lowest BCUT2D eigenvalue weighted by molar-refractivity contribution is 0.119. The highest BCUT2D eigenvalue weighted by atomic mass is 16.5. The maximum Gasteiger partial charge on any atom is 0.122 e. The normalized spacial score (nSPS) is 17.7. The molecular formula is C16H24O2. The molecule has 2 nitrogen and oxygen atoms in total.